The molecular formula is C10H12ClNO3. The number of aliphatic hydroxyl groups is 1. The Morgan fingerprint density at radius 2 is 2.33 bits per heavy atom. The Balaban J connectivity index is 2.00. The second-order valence-electron chi connectivity index (χ2n) is 3.84. The summed E-state index contributed by atoms with van der Waals surface area (Å²) >= 11 is 5.57. The van der Waals surface area contributed by atoms with Crippen molar-refractivity contribution < 1.29 is 14.3 Å². The van der Waals surface area contributed by atoms with Crippen molar-refractivity contribution in [2.24, 2.45) is 0 Å². The zero-order valence-corrected chi connectivity index (χ0v) is 9.12. The molecule has 1 aliphatic heterocycles. The molecule has 1 fully saturated rings. The summed E-state index contributed by atoms with van der Waals surface area (Å²) in [5.74, 6) is -0.00169. The van der Waals surface area contributed by atoms with Crippen molar-refractivity contribution in [3.63, 3.8) is 0 Å². The van der Waals surface area contributed by atoms with E-state index in [-0.39, 0.29) is 16.9 Å². The smallest absolute Gasteiger partial charge is 0.289 e. The van der Waals surface area contributed by atoms with Gasteiger partial charge in [0.1, 0.15) is 0 Å². The highest BCUT2D eigenvalue weighted by Gasteiger charge is 2.42. The van der Waals surface area contributed by atoms with Gasteiger partial charge in [-0.15, -0.1) is 0 Å². The van der Waals surface area contributed by atoms with E-state index in [2.05, 4.69) is 0 Å². The first-order valence-electron chi connectivity index (χ1n) is 4.81. The molecule has 1 aliphatic rings. The number of hydrogen-bond acceptors (Lipinski definition) is 3. The van der Waals surface area contributed by atoms with Gasteiger partial charge >= 0.3 is 0 Å². The highest BCUT2D eigenvalue weighted by Crippen LogP contribution is 2.26. The minimum atomic E-state index is -0.716. The lowest BCUT2D eigenvalue weighted by Gasteiger charge is -2.45. The molecule has 82 valence electrons. The van der Waals surface area contributed by atoms with Crippen molar-refractivity contribution in [1.29, 1.82) is 0 Å². The maximum atomic E-state index is 11.7. The topological polar surface area (TPSA) is 53.7 Å². The van der Waals surface area contributed by atoms with Gasteiger partial charge in [-0.2, -0.15) is 0 Å². The Hall–Kier alpha value is -1.00. The van der Waals surface area contributed by atoms with Crippen molar-refractivity contribution in [2.75, 3.05) is 13.1 Å². The molecule has 0 aromatic carbocycles. The minimum absolute atomic E-state index is 0.199. The van der Waals surface area contributed by atoms with Gasteiger partial charge in [0.2, 0.25) is 0 Å². The van der Waals surface area contributed by atoms with Crippen LogP contribution in [0.1, 0.15) is 23.9 Å². The van der Waals surface area contributed by atoms with Gasteiger partial charge in [0.05, 0.1) is 18.7 Å². The predicted octanol–water partition coefficient (Wildman–Crippen LogP) is 1.53. The highest BCUT2D eigenvalue weighted by atomic mass is 35.5. The molecule has 2 heterocycles. The van der Waals surface area contributed by atoms with Gasteiger partial charge < -0.3 is 14.4 Å². The largest absolute Gasteiger partial charge is 0.440 e. The van der Waals surface area contributed by atoms with Crippen molar-refractivity contribution in [2.45, 2.75) is 18.9 Å². The number of amides is 1. The second-order valence-corrected chi connectivity index (χ2v) is 4.22. The molecule has 0 saturated carbocycles. The molecule has 0 aliphatic carbocycles. The van der Waals surface area contributed by atoms with Crippen molar-refractivity contribution in [3.8, 4) is 0 Å². The van der Waals surface area contributed by atoms with E-state index in [1.54, 1.807) is 4.90 Å². The summed E-state index contributed by atoms with van der Waals surface area (Å²) in [5, 5.41) is 9.94. The molecule has 1 saturated heterocycles. The van der Waals surface area contributed by atoms with Crippen molar-refractivity contribution >= 4 is 17.5 Å². The van der Waals surface area contributed by atoms with Crippen LogP contribution < -0.4 is 0 Å². The molecule has 2 rings (SSSR count). The Kier molecular flexibility index (Phi) is 2.48. The minimum Gasteiger partial charge on any atom is -0.440 e. The monoisotopic (exact) mass is 229 g/mol. The molecule has 1 aromatic rings. The Morgan fingerprint density at radius 1 is 1.67 bits per heavy atom. The second kappa shape index (κ2) is 3.54. The summed E-state index contributed by atoms with van der Waals surface area (Å²) in [4.78, 5) is 13.2. The van der Waals surface area contributed by atoms with E-state index >= 15 is 0 Å². The van der Waals surface area contributed by atoms with Gasteiger partial charge in [-0.25, -0.2) is 0 Å². The number of likely N-dealkylation sites (tertiary alicyclic amines) is 1. The molecule has 4 nitrogen and oxygen atoms in total. The molecule has 1 N–H and O–H groups in total. The van der Waals surface area contributed by atoms with Crippen molar-refractivity contribution in [3.05, 3.63) is 23.1 Å². The predicted molar refractivity (Wildman–Crippen MR) is 54.9 cm³/mol. The first-order valence-corrected chi connectivity index (χ1v) is 5.19. The first-order chi connectivity index (χ1) is 7.04. The average molecular weight is 230 g/mol. The third-order valence-corrected chi connectivity index (χ3v) is 2.90. The number of hydrogen-bond donors (Lipinski definition) is 1. The number of β-amino-alcohol motifs (C(OH)–C–C–N with tert-alkyl or cyclic N) is 1. The maximum Gasteiger partial charge on any atom is 0.289 e. The fraction of sp³-hybridized carbons (Fsp3) is 0.500. The van der Waals surface area contributed by atoms with Crippen LogP contribution in [0.3, 0.4) is 0 Å². The zero-order valence-electron chi connectivity index (χ0n) is 8.36. The third-order valence-electron chi connectivity index (χ3n) is 2.70. The lowest BCUT2D eigenvalue weighted by molar-refractivity contribution is -0.0834. The number of nitrogens with zero attached hydrogens (tertiary/aromatic N) is 1. The van der Waals surface area contributed by atoms with Crippen LogP contribution in [0, 0.1) is 0 Å². The number of carbonyl (C=O) groups is 1. The molecule has 15 heavy (non-hydrogen) atoms. The first kappa shape index (κ1) is 10.5. The lowest BCUT2D eigenvalue weighted by Crippen LogP contribution is -2.63. The van der Waals surface area contributed by atoms with Crippen LogP contribution >= 0.6 is 11.6 Å². The normalized spacial score (nSPS) is 18.7. The molecule has 0 atom stereocenters. The standard InChI is InChI=1S/C10H12ClNO3/c1-2-10(14)5-12(6-10)9(13)7-3-4-8(11)15-7/h3-4,14H,2,5-6H2,1H3. The van der Waals surface area contributed by atoms with E-state index in [0.717, 1.165) is 0 Å². The molecule has 0 spiro atoms. The number of rotatable bonds is 2. The van der Waals surface area contributed by atoms with Gasteiger partial charge in [-0.1, -0.05) is 6.92 Å². The number of carbonyl (C=O) groups excluding carboxylic acids is 1. The summed E-state index contributed by atoms with van der Waals surface area (Å²) in [6, 6.07) is 3.06. The Labute approximate surface area is 92.4 Å². The van der Waals surface area contributed by atoms with Crippen LogP contribution in [-0.2, 0) is 0 Å². The molecule has 5 heteroatoms. The van der Waals surface area contributed by atoms with E-state index in [4.69, 9.17) is 16.0 Å². The van der Waals surface area contributed by atoms with E-state index in [1.165, 1.54) is 12.1 Å². The van der Waals surface area contributed by atoms with Crippen LogP contribution in [0.25, 0.3) is 0 Å². The van der Waals surface area contributed by atoms with Crippen LogP contribution in [-0.4, -0.2) is 34.6 Å². The molecule has 1 aromatic heterocycles. The lowest BCUT2D eigenvalue weighted by atomic mass is 9.91. The summed E-state index contributed by atoms with van der Waals surface area (Å²) in [6.07, 6.45) is 0.649. The van der Waals surface area contributed by atoms with E-state index in [9.17, 15) is 9.90 Å². The Morgan fingerprint density at radius 3 is 2.80 bits per heavy atom. The Bertz CT molecular complexity index is 382. The van der Waals surface area contributed by atoms with Gasteiger partial charge in [0.15, 0.2) is 11.0 Å². The highest BCUT2D eigenvalue weighted by molar-refractivity contribution is 6.29. The molecular weight excluding hydrogens is 218 g/mol. The van der Waals surface area contributed by atoms with Crippen LogP contribution in [0.15, 0.2) is 16.5 Å². The average Bonchev–Trinajstić information content (AvgIpc) is 2.59. The number of halogens is 1. The molecule has 0 bridgehead atoms. The quantitative estimate of drug-likeness (QED) is 0.837. The fourth-order valence-electron chi connectivity index (χ4n) is 1.62. The SMILES string of the molecule is CCC1(O)CN(C(=O)c2ccc(Cl)o2)C1. The van der Waals surface area contributed by atoms with Crippen molar-refractivity contribution in [1.82, 2.24) is 4.90 Å². The zero-order chi connectivity index (χ0) is 11.1. The molecule has 0 unspecified atom stereocenters. The van der Waals surface area contributed by atoms with Gasteiger partial charge in [-0.3, -0.25) is 4.79 Å². The van der Waals surface area contributed by atoms with Crippen LogP contribution in [0.5, 0.6) is 0 Å². The van der Waals surface area contributed by atoms with E-state index < -0.39 is 5.60 Å². The van der Waals surface area contributed by atoms with E-state index in [0.29, 0.717) is 19.5 Å². The maximum absolute atomic E-state index is 11.7. The summed E-state index contributed by atoms with van der Waals surface area (Å²) < 4.78 is 5.00. The summed E-state index contributed by atoms with van der Waals surface area (Å²) in [5.41, 5.74) is -0.716. The number of furan rings is 1. The molecule has 0 radical (unpaired) electrons. The van der Waals surface area contributed by atoms with Crippen LogP contribution in [0.4, 0.5) is 0 Å². The third kappa shape index (κ3) is 1.87. The van der Waals surface area contributed by atoms with Gasteiger partial charge in [0.25, 0.3) is 5.91 Å². The fourth-order valence-corrected chi connectivity index (χ4v) is 1.76. The van der Waals surface area contributed by atoms with Gasteiger partial charge in [-0.05, 0) is 30.2 Å². The summed E-state index contributed by atoms with van der Waals surface area (Å²) in [7, 11) is 0. The van der Waals surface area contributed by atoms with Crippen LogP contribution in [0.2, 0.25) is 5.22 Å². The molecule has 1 amide bonds. The summed E-state index contributed by atoms with van der Waals surface area (Å²) in [6.45, 7) is 2.62. The van der Waals surface area contributed by atoms with E-state index in [1.807, 2.05) is 6.92 Å². The van der Waals surface area contributed by atoms with Gasteiger partial charge in [0, 0.05) is 0 Å².